The molecule has 1 aromatic heterocycles. The molecule has 1 aliphatic rings. The van der Waals surface area contributed by atoms with Crippen molar-refractivity contribution >= 4 is 11.6 Å². The topological polar surface area (TPSA) is 17.8 Å². The molecule has 0 spiro atoms. The number of aromatic nitrogens is 2. The van der Waals surface area contributed by atoms with Gasteiger partial charge in [0, 0.05) is 30.2 Å². The Morgan fingerprint density at radius 2 is 2.27 bits per heavy atom. The van der Waals surface area contributed by atoms with E-state index in [0.717, 1.165) is 13.0 Å². The summed E-state index contributed by atoms with van der Waals surface area (Å²) >= 11 is 6.29. The lowest BCUT2D eigenvalue weighted by Crippen LogP contribution is -2.10. The third-order valence-electron chi connectivity index (χ3n) is 3.31. The van der Waals surface area contributed by atoms with Gasteiger partial charge in [0.15, 0.2) is 0 Å². The summed E-state index contributed by atoms with van der Waals surface area (Å²) in [6, 6.07) is 0. The standard InChI is InChI=1S/C12H19ClN2/c1-2-15-8-7-14-12(15)10-5-3-4-6-11(13)9-10/h7-8,10-11H,2-6,9H2,1H3. The Kier molecular flexibility index (Phi) is 3.68. The number of aryl methyl sites for hydroxylation is 1. The number of alkyl halides is 1. The normalized spacial score (nSPS) is 27.6. The molecule has 2 rings (SSSR count). The van der Waals surface area contributed by atoms with Gasteiger partial charge in [-0.1, -0.05) is 12.8 Å². The molecular weight excluding hydrogens is 208 g/mol. The molecule has 1 heterocycles. The van der Waals surface area contributed by atoms with E-state index in [1.807, 2.05) is 6.20 Å². The van der Waals surface area contributed by atoms with E-state index in [1.54, 1.807) is 0 Å². The summed E-state index contributed by atoms with van der Waals surface area (Å²) in [6.45, 7) is 3.18. The minimum atomic E-state index is 0.347. The zero-order valence-corrected chi connectivity index (χ0v) is 10.1. The van der Waals surface area contributed by atoms with Crippen molar-refractivity contribution in [3.8, 4) is 0 Å². The van der Waals surface area contributed by atoms with Crippen molar-refractivity contribution < 1.29 is 0 Å². The third kappa shape index (κ3) is 2.54. The van der Waals surface area contributed by atoms with Crippen molar-refractivity contribution in [1.82, 2.24) is 9.55 Å². The smallest absolute Gasteiger partial charge is 0.111 e. The minimum Gasteiger partial charge on any atom is -0.335 e. The largest absolute Gasteiger partial charge is 0.335 e. The van der Waals surface area contributed by atoms with Gasteiger partial charge in [-0.15, -0.1) is 11.6 Å². The highest BCUT2D eigenvalue weighted by molar-refractivity contribution is 6.20. The highest BCUT2D eigenvalue weighted by Gasteiger charge is 2.22. The molecular formula is C12H19ClN2. The fourth-order valence-corrected chi connectivity index (χ4v) is 2.85. The monoisotopic (exact) mass is 226 g/mol. The average Bonchev–Trinajstić information content (AvgIpc) is 2.61. The summed E-state index contributed by atoms with van der Waals surface area (Å²) in [5.41, 5.74) is 0. The van der Waals surface area contributed by atoms with Crippen LogP contribution in [0.1, 0.15) is 50.8 Å². The first-order valence-corrected chi connectivity index (χ1v) is 6.40. The molecule has 0 bridgehead atoms. The van der Waals surface area contributed by atoms with Gasteiger partial charge in [-0.3, -0.25) is 0 Å². The maximum atomic E-state index is 6.29. The quantitative estimate of drug-likeness (QED) is 0.557. The Bertz CT molecular complexity index is 308. The van der Waals surface area contributed by atoms with Crippen molar-refractivity contribution in [3.63, 3.8) is 0 Å². The van der Waals surface area contributed by atoms with Crippen molar-refractivity contribution in [1.29, 1.82) is 0 Å². The third-order valence-corrected chi connectivity index (χ3v) is 3.71. The fraction of sp³-hybridized carbons (Fsp3) is 0.750. The van der Waals surface area contributed by atoms with Gasteiger partial charge in [0.25, 0.3) is 0 Å². The van der Waals surface area contributed by atoms with Gasteiger partial charge in [0.2, 0.25) is 0 Å². The zero-order chi connectivity index (χ0) is 10.7. The van der Waals surface area contributed by atoms with Gasteiger partial charge in [-0.25, -0.2) is 4.98 Å². The highest BCUT2D eigenvalue weighted by atomic mass is 35.5. The van der Waals surface area contributed by atoms with E-state index >= 15 is 0 Å². The van der Waals surface area contributed by atoms with E-state index < -0.39 is 0 Å². The molecule has 3 heteroatoms. The van der Waals surface area contributed by atoms with Crippen LogP contribution in [0.15, 0.2) is 12.4 Å². The van der Waals surface area contributed by atoms with Crippen LogP contribution in [-0.4, -0.2) is 14.9 Å². The maximum absolute atomic E-state index is 6.29. The number of imidazole rings is 1. The lowest BCUT2D eigenvalue weighted by Gasteiger charge is -2.16. The van der Waals surface area contributed by atoms with Crippen LogP contribution in [0, 0.1) is 0 Å². The van der Waals surface area contributed by atoms with Crippen LogP contribution in [0.5, 0.6) is 0 Å². The van der Waals surface area contributed by atoms with Crippen LogP contribution in [0.3, 0.4) is 0 Å². The Morgan fingerprint density at radius 1 is 1.47 bits per heavy atom. The lowest BCUT2D eigenvalue weighted by atomic mass is 9.99. The first kappa shape index (κ1) is 11.0. The van der Waals surface area contributed by atoms with Gasteiger partial charge in [-0.05, 0) is 26.2 Å². The van der Waals surface area contributed by atoms with Crippen LogP contribution < -0.4 is 0 Å². The Morgan fingerprint density at radius 3 is 3.07 bits per heavy atom. The number of nitrogens with zero attached hydrogens (tertiary/aromatic N) is 2. The average molecular weight is 227 g/mol. The second-order valence-electron chi connectivity index (χ2n) is 4.39. The molecule has 2 nitrogen and oxygen atoms in total. The number of hydrogen-bond acceptors (Lipinski definition) is 1. The fourth-order valence-electron chi connectivity index (χ4n) is 2.48. The second kappa shape index (κ2) is 5.02. The molecule has 1 fully saturated rings. The molecule has 0 radical (unpaired) electrons. The minimum absolute atomic E-state index is 0.347. The molecule has 1 saturated carbocycles. The summed E-state index contributed by atoms with van der Waals surface area (Å²) < 4.78 is 2.25. The summed E-state index contributed by atoms with van der Waals surface area (Å²) in [4.78, 5) is 4.49. The first-order valence-electron chi connectivity index (χ1n) is 5.96. The van der Waals surface area contributed by atoms with Crippen LogP contribution in [-0.2, 0) is 6.54 Å². The van der Waals surface area contributed by atoms with Gasteiger partial charge in [0.05, 0.1) is 0 Å². The summed E-state index contributed by atoms with van der Waals surface area (Å²) in [5, 5.41) is 0.347. The molecule has 0 aromatic carbocycles. The molecule has 84 valence electrons. The Balaban J connectivity index is 2.14. The highest BCUT2D eigenvalue weighted by Crippen LogP contribution is 2.33. The molecule has 0 aliphatic heterocycles. The molecule has 1 aromatic rings. The summed E-state index contributed by atoms with van der Waals surface area (Å²) in [5.74, 6) is 1.81. The zero-order valence-electron chi connectivity index (χ0n) is 9.32. The maximum Gasteiger partial charge on any atom is 0.111 e. The number of rotatable bonds is 2. The molecule has 0 N–H and O–H groups in total. The Labute approximate surface area is 96.7 Å². The SMILES string of the molecule is CCn1ccnc1C1CCCCC(Cl)C1. The predicted molar refractivity (Wildman–Crippen MR) is 63.4 cm³/mol. The molecule has 2 unspecified atom stereocenters. The molecule has 2 atom stereocenters. The van der Waals surface area contributed by atoms with E-state index in [1.165, 1.54) is 31.5 Å². The van der Waals surface area contributed by atoms with Gasteiger partial charge >= 0.3 is 0 Å². The van der Waals surface area contributed by atoms with E-state index in [9.17, 15) is 0 Å². The van der Waals surface area contributed by atoms with Crippen molar-refractivity contribution in [2.75, 3.05) is 0 Å². The summed E-state index contributed by atoms with van der Waals surface area (Å²) in [7, 11) is 0. The van der Waals surface area contributed by atoms with Crippen LogP contribution >= 0.6 is 11.6 Å². The van der Waals surface area contributed by atoms with Crippen LogP contribution in [0.4, 0.5) is 0 Å². The van der Waals surface area contributed by atoms with Crippen molar-refractivity contribution in [3.05, 3.63) is 18.2 Å². The molecule has 0 amide bonds. The van der Waals surface area contributed by atoms with Gasteiger partial charge in [0.1, 0.15) is 5.82 Å². The van der Waals surface area contributed by atoms with E-state index in [0.29, 0.717) is 11.3 Å². The van der Waals surface area contributed by atoms with Gasteiger partial charge in [-0.2, -0.15) is 0 Å². The van der Waals surface area contributed by atoms with E-state index in [-0.39, 0.29) is 0 Å². The molecule has 1 aliphatic carbocycles. The van der Waals surface area contributed by atoms with Crippen molar-refractivity contribution in [2.24, 2.45) is 0 Å². The first-order chi connectivity index (χ1) is 7.31. The predicted octanol–water partition coefficient (Wildman–Crippen LogP) is 3.56. The van der Waals surface area contributed by atoms with E-state index in [2.05, 4.69) is 22.7 Å². The van der Waals surface area contributed by atoms with Crippen LogP contribution in [0.2, 0.25) is 0 Å². The van der Waals surface area contributed by atoms with Gasteiger partial charge < -0.3 is 4.57 Å². The van der Waals surface area contributed by atoms with E-state index in [4.69, 9.17) is 11.6 Å². The van der Waals surface area contributed by atoms with Crippen molar-refractivity contribution in [2.45, 2.75) is 56.9 Å². The van der Waals surface area contributed by atoms with Crippen LogP contribution in [0.25, 0.3) is 0 Å². The molecule has 15 heavy (non-hydrogen) atoms. The second-order valence-corrected chi connectivity index (χ2v) is 5.00. The Hall–Kier alpha value is -0.500. The summed E-state index contributed by atoms with van der Waals surface area (Å²) in [6.07, 6.45) is 10.1. The lowest BCUT2D eigenvalue weighted by molar-refractivity contribution is 0.530. The number of halogens is 1. The number of hydrogen-bond donors (Lipinski definition) is 0. The molecule has 0 saturated heterocycles.